The summed E-state index contributed by atoms with van der Waals surface area (Å²) in [5, 5.41) is 9.55. The van der Waals surface area contributed by atoms with E-state index in [2.05, 4.69) is 22.3 Å². The highest BCUT2D eigenvalue weighted by Crippen LogP contribution is 2.22. The molecule has 1 aromatic rings. The van der Waals surface area contributed by atoms with Crippen molar-refractivity contribution in [2.24, 2.45) is 5.92 Å². The summed E-state index contributed by atoms with van der Waals surface area (Å²) in [5.41, 5.74) is 0.0270. The van der Waals surface area contributed by atoms with Crippen LogP contribution in [0, 0.1) is 5.92 Å². The molecule has 9 heteroatoms. The molecular formula is C22H36N4O5. The summed E-state index contributed by atoms with van der Waals surface area (Å²) in [7, 11) is 0. The summed E-state index contributed by atoms with van der Waals surface area (Å²) in [6, 6.07) is 1.38. The van der Waals surface area contributed by atoms with Crippen LogP contribution in [0.15, 0.2) is 23.1 Å². The lowest BCUT2D eigenvalue weighted by Gasteiger charge is -2.20. The Morgan fingerprint density at radius 3 is 2.42 bits per heavy atom. The summed E-state index contributed by atoms with van der Waals surface area (Å²) in [5.74, 6) is 0.423. The molecule has 0 bridgehead atoms. The normalized spacial score (nSPS) is 11.4. The second-order valence-electron chi connectivity index (χ2n) is 9.08. The smallest absolute Gasteiger partial charge is 0.411 e. The van der Waals surface area contributed by atoms with Gasteiger partial charge in [-0.3, -0.25) is 14.9 Å². The molecule has 1 rings (SSSR count). The molecule has 0 aromatic carbocycles. The summed E-state index contributed by atoms with van der Waals surface area (Å²) in [6.45, 7) is 17.5. The Balaban J connectivity index is 2.63. The first kappa shape index (κ1) is 26.2. The molecule has 0 aliphatic rings. The molecule has 0 atom stereocenters. The van der Waals surface area contributed by atoms with Crippen LogP contribution in [0.3, 0.4) is 0 Å². The number of hydrogen-bond acceptors (Lipinski definition) is 6. The third-order valence-electron chi connectivity index (χ3n) is 3.83. The molecular weight excluding hydrogens is 400 g/mol. The molecule has 0 radical (unpaired) electrons. The zero-order valence-corrected chi connectivity index (χ0v) is 19.7. The van der Waals surface area contributed by atoms with E-state index in [4.69, 9.17) is 9.47 Å². The number of nitrogens with one attached hydrogen (secondary N) is 2. The van der Waals surface area contributed by atoms with Gasteiger partial charge in [0.1, 0.15) is 23.6 Å². The van der Waals surface area contributed by atoms with E-state index in [0.29, 0.717) is 36.1 Å². The van der Waals surface area contributed by atoms with Gasteiger partial charge >= 0.3 is 6.09 Å². The predicted molar refractivity (Wildman–Crippen MR) is 119 cm³/mol. The van der Waals surface area contributed by atoms with Crippen LogP contribution in [0.1, 0.15) is 66.5 Å². The number of rotatable bonds is 10. The summed E-state index contributed by atoms with van der Waals surface area (Å²) < 4.78 is 12.0. The van der Waals surface area contributed by atoms with E-state index in [1.54, 1.807) is 20.8 Å². The highest BCUT2D eigenvalue weighted by molar-refractivity contribution is 5.75. The van der Waals surface area contributed by atoms with Gasteiger partial charge in [0, 0.05) is 30.6 Å². The maximum atomic E-state index is 12.4. The van der Waals surface area contributed by atoms with Crippen molar-refractivity contribution in [3.05, 3.63) is 34.4 Å². The molecule has 2 N–H and O–H groups in total. The highest BCUT2D eigenvalue weighted by Gasteiger charge is 2.17. The Morgan fingerprint density at radius 2 is 1.87 bits per heavy atom. The second-order valence-corrected chi connectivity index (χ2v) is 9.08. The number of carbonyl (C=O) groups excluding carboxylic acids is 2. The Morgan fingerprint density at radius 1 is 1.23 bits per heavy atom. The fourth-order valence-electron chi connectivity index (χ4n) is 2.43. The lowest BCUT2D eigenvalue weighted by molar-refractivity contribution is -0.121. The topological polar surface area (TPSA) is 112 Å². The number of alkyl carbamates (subject to hydrolysis) is 1. The molecule has 0 spiro atoms. The van der Waals surface area contributed by atoms with Crippen LogP contribution in [0.4, 0.5) is 4.79 Å². The van der Waals surface area contributed by atoms with Crippen LogP contribution in [-0.4, -0.2) is 40.5 Å². The summed E-state index contributed by atoms with van der Waals surface area (Å²) in [4.78, 5) is 36.3. The van der Waals surface area contributed by atoms with Crippen molar-refractivity contribution in [1.29, 1.82) is 0 Å². The number of hydrogen-bond donors (Lipinski definition) is 2. The van der Waals surface area contributed by atoms with Crippen LogP contribution in [0.25, 0.3) is 0 Å². The Labute approximate surface area is 184 Å². The van der Waals surface area contributed by atoms with E-state index in [0.717, 1.165) is 4.68 Å². The van der Waals surface area contributed by atoms with Crippen LogP contribution >= 0.6 is 0 Å². The van der Waals surface area contributed by atoms with E-state index in [1.165, 1.54) is 6.07 Å². The third kappa shape index (κ3) is 10.1. The first-order valence-electron chi connectivity index (χ1n) is 10.5. The van der Waals surface area contributed by atoms with E-state index < -0.39 is 17.3 Å². The van der Waals surface area contributed by atoms with Gasteiger partial charge in [-0.2, -0.15) is 5.10 Å². The number of amides is 2. The molecule has 2 amide bonds. The van der Waals surface area contributed by atoms with Gasteiger partial charge < -0.3 is 14.8 Å². The van der Waals surface area contributed by atoms with Crippen molar-refractivity contribution < 1.29 is 19.1 Å². The van der Waals surface area contributed by atoms with Crippen molar-refractivity contribution in [3.8, 4) is 5.75 Å². The van der Waals surface area contributed by atoms with Crippen molar-refractivity contribution in [3.63, 3.8) is 0 Å². The molecule has 1 aromatic heterocycles. The summed E-state index contributed by atoms with van der Waals surface area (Å²) >= 11 is 0. The number of nitrogens with zero attached hydrogens (tertiary/aromatic N) is 2. The van der Waals surface area contributed by atoms with Gasteiger partial charge in [-0.05, 0) is 26.7 Å². The SMILES string of the molecule is C=C(CCNC(=O)Cn1nc(C(C)C)c(OCC(C)C)cc1=O)NC(=O)OC(C)(C)C. The fourth-order valence-corrected chi connectivity index (χ4v) is 2.43. The minimum atomic E-state index is -0.608. The van der Waals surface area contributed by atoms with Gasteiger partial charge in [-0.25, -0.2) is 9.48 Å². The first-order chi connectivity index (χ1) is 14.3. The van der Waals surface area contributed by atoms with Gasteiger partial charge in [0.25, 0.3) is 5.56 Å². The maximum Gasteiger partial charge on any atom is 0.411 e. The molecule has 0 aliphatic heterocycles. The van der Waals surface area contributed by atoms with Crippen LogP contribution < -0.4 is 20.9 Å². The van der Waals surface area contributed by atoms with Crippen LogP contribution in [-0.2, 0) is 16.1 Å². The fraction of sp³-hybridized carbons (Fsp3) is 0.636. The molecule has 0 saturated heterocycles. The largest absolute Gasteiger partial charge is 0.491 e. The van der Waals surface area contributed by atoms with Gasteiger partial charge in [0.2, 0.25) is 5.91 Å². The zero-order valence-electron chi connectivity index (χ0n) is 19.7. The molecule has 9 nitrogen and oxygen atoms in total. The first-order valence-corrected chi connectivity index (χ1v) is 10.5. The molecule has 1 heterocycles. The van der Waals surface area contributed by atoms with Gasteiger partial charge in [-0.15, -0.1) is 0 Å². The minimum Gasteiger partial charge on any atom is -0.491 e. The molecule has 0 unspecified atom stereocenters. The standard InChI is InChI=1S/C22H36N4O5/c1-14(2)13-30-17-11-19(28)26(25-20(17)15(3)4)12-18(27)23-10-9-16(5)24-21(29)31-22(6,7)8/h11,14-15H,5,9-10,12-13H2,1-4,6-8H3,(H,23,27)(H,24,29). The molecule has 31 heavy (non-hydrogen) atoms. The average molecular weight is 437 g/mol. The van der Waals surface area contributed by atoms with Gasteiger partial charge in [-0.1, -0.05) is 34.3 Å². The number of carbonyl (C=O) groups is 2. The molecule has 0 fully saturated rings. The van der Waals surface area contributed by atoms with Crippen LogP contribution in [0.2, 0.25) is 0 Å². The molecule has 0 aliphatic carbocycles. The maximum absolute atomic E-state index is 12.4. The quantitative estimate of drug-likeness (QED) is 0.583. The Hall–Kier alpha value is -2.84. The van der Waals surface area contributed by atoms with E-state index in [-0.39, 0.29) is 24.9 Å². The van der Waals surface area contributed by atoms with E-state index in [9.17, 15) is 14.4 Å². The monoisotopic (exact) mass is 436 g/mol. The molecule has 0 saturated carbocycles. The second kappa shape index (κ2) is 11.5. The lowest BCUT2D eigenvalue weighted by atomic mass is 10.1. The highest BCUT2D eigenvalue weighted by atomic mass is 16.6. The van der Waals surface area contributed by atoms with E-state index >= 15 is 0 Å². The molecule has 174 valence electrons. The van der Waals surface area contributed by atoms with Crippen molar-refractivity contribution in [2.75, 3.05) is 13.2 Å². The number of ether oxygens (including phenoxy) is 2. The average Bonchev–Trinajstić information content (AvgIpc) is 2.59. The van der Waals surface area contributed by atoms with Crippen molar-refractivity contribution in [1.82, 2.24) is 20.4 Å². The zero-order chi connectivity index (χ0) is 23.8. The van der Waals surface area contributed by atoms with Gasteiger partial charge in [0.15, 0.2) is 0 Å². The van der Waals surface area contributed by atoms with Gasteiger partial charge in [0.05, 0.1) is 6.61 Å². The summed E-state index contributed by atoms with van der Waals surface area (Å²) in [6.07, 6.45) is -0.271. The Kier molecular flexibility index (Phi) is 9.74. The minimum absolute atomic E-state index is 0.0272. The predicted octanol–water partition coefficient (Wildman–Crippen LogP) is 2.95. The van der Waals surface area contributed by atoms with Crippen molar-refractivity contribution in [2.45, 2.75) is 73.0 Å². The Bertz CT molecular complexity index is 837. The lowest BCUT2D eigenvalue weighted by Crippen LogP contribution is -2.36. The van der Waals surface area contributed by atoms with Crippen LogP contribution in [0.5, 0.6) is 5.75 Å². The van der Waals surface area contributed by atoms with Crippen molar-refractivity contribution >= 4 is 12.0 Å². The number of aromatic nitrogens is 2. The third-order valence-corrected chi connectivity index (χ3v) is 3.83. The van der Waals surface area contributed by atoms with E-state index in [1.807, 2.05) is 27.7 Å².